The summed E-state index contributed by atoms with van der Waals surface area (Å²) in [6.07, 6.45) is 49.9. The third kappa shape index (κ3) is 35.6. The predicted molar refractivity (Wildman–Crippen MR) is 241 cm³/mol. The number of phosphoric acid groups is 1. The quantitative estimate of drug-likeness (QED) is 0.0177. The largest absolute Gasteiger partial charge is 0.472 e. The van der Waals surface area contributed by atoms with Crippen LogP contribution in [0.15, 0.2) is 97.2 Å². The van der Waals surface area contributed by atoms with E-state index in [0.29, 0.717) is 19.3 Å². The van der Waals surface area contributed by atoms with E-state index in [1.165, 1.54) is 38.5 Å². The molecule has 3 unspecified atom stereocenters. The zero-order chi connectivity index (χ0) is 43.8. The van der Waals surface area contributed by atoms with Gasteiger partial charge in [-0.15, -0.1) is 0 Å². The van der Waals surface area contributed by atoms with Gasteiger partial charge in [0.1, 0.15) is 12.7 Å². The number of hydrogen-bond donors (Lipinski definition) is 3. The maximum atomic E-state index is 12.6. The van der Waals surface area contributed by atoms with E-state index in [2.05, 4.69) is 97.4 Å². The number of carbonyl (C=O) groups excluding carboxylic acids is 2. The highest BCUT2D eigenvalue weighted by Gasteiger charge is 2.36. The molecule has 3 N–H and O–H groups in total. The Morgan fingerprint density at radius 1 is 0.583 bits per heavy atom. The normalized spacial score (nSPS) is 18.1. The second-order valence-electron chi connectivity index (χ2n) is 14.7. The number of carbonyl (C=O) groups is 2. The molecule has 60 heavy (non-hydrogen) atoms. The highest BCUT2D eigenvalue weighted by Crippen LogP contribution is 2.43. The van der Waals surface area contributed by atoms with Crippen molar-refractivity contribution in [3.63, 3.8) is 0 Å². The van der Waals surface area contributed by atoms with E-state index in [1.807, 2.05) is 18.2 Å². The SMILES string of the molecule is CCCCC/C=C\C/C=C\C/C=C\C/C=C\C/C=C\CCC(=O)O[C@H](COC(=O)CCC/C=C\CC1OC1C/C=C\C/C=C\CCCCC)COP(=O)(O)OC[C@@H](O)CO. The Hall–Kier alpha value is -3.15. The summed E-state index contributed by atoms with van der Waals surface area (Å²) >= 11 is 0. The molecule has 1 aliphatic rings. The van der Waals surface area contributed by atoms with Crippen molar-refractivity contribution in [3.8, 4) is 0 Å². The van der Waals surface area contributed by atoms with Crippen LogP contribution in [0, 0.1) is 0 Å². The number of hydrogen-bond acceptors (Lipinski definition) is 10. The summed E-state index contributed by atoms with van der Waals surface area (Å²) < 4.78 is 38.4. The molecule has 0 saturated carbocycles. The van der Waals surface area contributed by atoms with Crippen molar-refractivity contribution in [2.45, 2.75) is 167 Å². The number of allylic oxidation sites excluding steroid dienone is 14. The maximum Gasteiger partial charge on any atom is 0.472 e. The lowest BCUT2D eigenvalue weighted by Gasteiger charge is -2.20. The van der Waals surface area contributed by atoms with Gasteiger partial charge < -0.3 is 29.3 Å². The smallest absolute Gasteiger partial charge is 0.462 e. The summed E-state index contributed by atoms with van der Waals surface area (Å²) in [4.78, 5) is 35.0. The second kappa shape index (κ2) is 38.7. The highest BCUT2D eigenvalue weighted by molar-refractivity contribution is 7.47. The summed E-state index contributed by atoms with van der Waals surface area (Å²) in [6, 6.07) is 0. The van der Waals surface area contributed by atoms with Gasteiger partial charge in [0.25, 0.3) is 0 Å². The lowest BCUT2D eigenvalue weighted by atomic mass is 10.1. The average molecular weight is 861 g/mol. The van der Waals surface area contributed by atoms with Crippen LogP contribution in [0.2, 0.25) is 0 Å². The first-order chi connectivity index (χ1) is 29.2. The fourth-order valence-electron chi connectivity index (χ4n) is 5.54. The first-order valence-electron chi connectivity index (χ1n) is 22.3. The minimum absolute atomic E-state index is 0.0398. The third-order valence-electron chi connectivity index (χ3n) is 9.13. The molecule has 0 spiro atoms. The van der Waals surface area contributed by atoms with Gasteiger partial charge in [-0.25, -0.2) is 4.57 Å². The van der Waals surface area contributed by atoms with E-state index in [1.54, 1.807) is 0 Å². The van der Waals surface area contributed by atoms with Gasteiger partial charge in [0, 0.05) is 12.8 Å². The van der Waals surface area contributed by atoms with Crippen LogP contribution in [0.5, 0.6) is 0 Å². The first kappa shape index (κ1) is 54.9. The van der Waals surface area contributed by atoms with Gasteiger partial charge in [-0.05, 0) is 89.9 Å². The Morgan fingerprint density at radius 3 is 1.57 bits per heavy atom. The van der Waals surface area contributed by atoms with E-state index in [0.717, 1.165) is 57.8 Å². The summed E-state index contributed by atoms with van der Waals surface area (Å²) in [6.45, 7) is 2.14. The van der Waals surface area contributed by atoms with E-state index in [4.69, 9.17) is 23.8 Å². The average Bonchev–Trinajstić information content (AvgIpc) is 4.00. The molecule has 1 rings (SSSR count). The molecule has 5 atom stereocenters. The number of rotatable bonds is 39. The maximum absolute atomic E-state index is 12.6. The monoisotopic (exact) mass is 861 g/mol. The number of unbranched alkanes of at least 4 members (excludes halogenated alkanes) is 7. The Morgan fingerprint density at radius 2 is 1.03 bits per heavy atom. The molecule has 0 aromatic rings. The van der Waals surface area contributed by atoms with Gasteiger partial charge in [-0.1, -0.05) is 137 Å². The van der Waals surface area contributed by atoms with Gasteiger partial charge in [-0.2, -0.15) is 0 Å². The molecular weight excluding hydrogens is 783 g/mol. The Kier molecular flexibility index (Phi) is 35.4. The molecule has 1 aliphatic heterocycles. The van der Waals surface area contributed by atoms with Gasteiger partial charge in [0.15, 0.2) is 6.10 Å². The first-order valence-corrected chi connectivity index (χ1v) is 23.8. The standard InChI is InChI=1S/C48H77O11P/c1-3-5-7-9-11-13-14-15-16-17-18-19-20-21-22-24-26-28-34-38-48(52)58-44(42-57-60(53,54)56-40-43(50)39-49)41-55-47(51)37-33-30-29-32-36-46-45(59-46)35-31-27-25-23-12-10-8-6-4-2/h11-13,15-16,18-19,21-23,26-29,31-32,43-46,49-50H,3-10,14,17,20,24-25,30,33-42H2,1-2H3,(H,53,54)/b13-11-,16-15-,19-18-,22-21-,23-12-,28-26-,31-27-,32-29-/t43-,44+,45?,46?/m0/s1. The Balaban J connectivity index is 2.36. The number of aliphatic hydroxyl groups excluding tert-OH is 2. The second-order valence-corrected chi connectivity index (χ2v) is 16.2. The zero-order valence-corrected chi connectivity index (χ0v) is 37.5. The van der Waals surface area contributed by atoms with Crippen LogP contribution in [-0.4, -0.2) is 77.9 Å². The molecule has 0 aromatic heterocycles. The fourth-order valence-corrected chi connectivity index (χ4v) is 6.33. The summed E-state index contributed by atoms with van der Waals surface area (Å²) in [5, 5.41) is 18.4. The molecule has 0 aromatic carbocycles. The van der Waals surface area contributed by atoms with E-state index < -0.39 is 51.8 Å². The van der Waals surface area contributed by atoms with E-state index in [9.17, 15) is 24.2 Å². The topological polar surface area (TPSA) is 161 Å². The molecule has 1 fully saturated rings. The highest BCUT2D eigenvalue weighted by atomic mass is 31.2. The Labute approximate surface area is 361 Å². The fraction of sp³-hybridized carbons (Fsp3) is 0.625. The van der Waals surface area contributed by atoms with Crippen molar-refractivity contribution in [2.75, 3.05) is 26.4 Å². The van der Waals surface area contributed by atoms with Crippen molar-refractivity contribution in [1.29, 1.82) is 0 Å². The van der Waals surface area contributed by atoms with Gasteiger partial charge in [0.05, 0.1) is 32.0 Å². The van der Waals surface area contributed by atoms with Crippen LogP contribution in [0.1, 0.15) is 142 Å². The lowest BCUT2D eigenvalue weighted by molar-refractivity contribution is -0.161. The minimum Gasteiger partial charge on any atom is -0.462 e. The Bertz CT molecular complexity index is 1380. The number of esters is 2. The molecule has 11 nitrogen and oxygen atoms in total. The zero-order valence-electron chi connectivity index (χ0n) is 36.6. The van der Waals surface area contributed by atoms with Crippen molar-refractivity contribution in [3.05, 3.63) is 97.2 Å². The van der Waals surface area contributed by atoms with Crippen molar-refractivity contribution in [2.24, 2.45) is 0 Å². The van der Waals surface area contributed by atoms with Crippen LogP contribution in [-0.2, 0) is 37.4 Å². The van der Waals surface area contributed by atoms with Gasteiger partial charge >= 0.3 is 19.8 Å². The van der Waals surface area contributed by atoms with Gasteiger partial charge in [-0.3, -0.25) is 18.6 Å². The number of aliphatic hydroxyl groups is 2. The molecule has 0 bridgehead atoms. The van der Waals surface area contributed by atoms with Crippen molar-refractivity contribution < 1.29 is 52.5 Å². The molecule has 0 amide bonds. The van der Waals surface area contributed by atoms with Crippen LogP contribution in [0.3, 0.4) is 0 Å². The number of epoxide rings is 1. The minimum atomic E-state index is -4.66. The predicted octanol–water partition coefficient (Wildman–Crippen LogP) is 11.0. The van der Waals surface area contributed by atoms with E-state index in [-0.39, 0.29) is 31.7 Å². The van der Waals surface area contributed by atoms with E-state index >= 15 is 0 Å². The number of phosphoric ester groups is 1. The molecule has 1 heterocycles. The van der Waals surface area contributed by atoms with Crippen LogP contribution in [0.4, 0.5) is 0 Å². The molecule has 0 aliphatic carbocycles. The van der Waals surface area contributed by atoms with Crippen LogP contribution >= 0.6 is 7.82 Å². The van der Waals surface area contributed by atoms with Crippen LogP contribution in [0.25, 0.3) is 0 Å². The van der Waals surface area contributed by atoms with Crippen molar-refractivity contribution in [1.82, 2.24) is 0 Å². The van der Waals surface area contributed by atoms with Crippen LogP contribution < -0.4 is 0 Å². The molecule has 0 radical (unpaired) electrons. The summed E-state index contributed by atoms with van der Waals surface area (Å²) in [5.41, 5.74) is 0. The number of ether oxygens (including phenoxy) is 3. The molecule has 340 valence electrons. The summed E-state index contributed by atoms with van der Waals surface area (Å²) in [5.74, 6) is -1.10. The molecule has 12 heteroatoms. The molecule has 1 saturated heterocycles. The molecular formula is C48H77O11P. The summed E-state index contributed by atoms with van der Waals surface area (Å²) in [7, 11) is -4.66. The van der Waals surface area contributed by atoms with Gasteiger partial charge in [0.2, 0.25) is 0 Å². The van der Waals surface area contributed by atoms with Crippen molar-refractivity contribution >= 4 is 19.8 Å². The lowest BCUT2D eigenvalue weighted by Crippen LogP contribution is -2.29. The third-order valence-corrected chi connectivity index (χ3v) is 10.1.